The van der Waals surface area contributed by atoms with E-state index in [2.05, 4.69) is 32.6 Å². The molecule has 0 aliphatic carbocycles. The molecule has 0 aromatic rings. The van der Waals surface area contributed by atoms with Crippen molar-refractivity contribution in [1.82, 2.24) is 14.9 Å². The second-order valence-corrected chi connectivity index (χ2v) is 21.9. The average Bonchev–Trinajstić information content (AvgIpc) is 3.87. The summed E-state index contributed by atoms with van der Waals surface area (Å²) in [4.78, 5) is 60.3. The molecule has 0 aromatic carbocycles. The van der Waals surface area contributed by atoms with E-state index in [4.69, 9.17) is 19.2 Å². The van der Waals surface area contributed by atoms with E-state index in [-0.39, 0.29) is 49.5 Å². The van der Waals surface area contributed by atoms with Gasteiger partial charge in [-0.3, -0.25) is 24.2 Å². The van der Waals surface area contributed by atoms with Gasteiger partial charge in [0.25, 0.3) is 0 Å². The van der Waals surface area contributed by atoms with Gasteiger partial charge in [0.2, 0.25) is 5.96 Å². The Kier molecular flexibility index (Phi) is 50.3. The number of ether oxygens (including phenoxy) is 3. The third-order valence-electron chi connectivity index (χ3n) is 14.9. The second-order valence-electron chi connectivity index (χ2n) is 21.9. The van der Waals surface area contributed by atoms with Gasteiger partial charge in [0.1, 0.15) is 5.78 Å². The Morgan fingerprint density at radius 2 is 0.676 bits per heavy atom. The first-order chi connectivity index (χ1) is 36.4. The van der Waals surface area contributed by atoms with Crippen molar-refractivity contribution < 1.29 is 33.4 Å². The molecule has 0 spiro atoms. The molecule has 0 atom stereocenters. The summed E-state index contributed by atoms with van der Waals surface area (Å²) in [7, 11) is 0. The number of carbonyl (C=O) groups is 4. The largest absolute Gasteiger partial charge is 0.466 e. The fourth-order valence-corrected chi connectivity index (χ4v) is 10.0. The lowest BCUT2D eigenvalue weighted by Crippen LogP contribution is -2.53. The Balaban J connectivity index is 2.96. The van der Waals surface area contributed by atoms with Gasteiger partial charge in [0, 0.05) is 45.6 Å². The average molecular weight is 1050 g/mol. The number of guanidine groups is 1. The summed E-state index contributed by atoms with van der Waals surface area (Å²) in [5.41, 5.74) is 0. The number of nitrogens with zero attached hydrogens (tertiary/aromatic N) is 4. The zero-order valence-electron chi connectivity index (χ0n) is 49.3. The molecule has 0 N–H and O–H groups in total. The van der Waals surface area contributed by atoms with E-state index in [0.717, 1.165) is 70.6 Å². The predicted molar refractivity (Wildman–Crippen MR) is 310 cm³/mol. The summed E-state index contributed by atoms with van der Waals surface area (Å²) in [6.07, 6.45) is 50.3. The Morgan fingerprint density at radius 3 is 1.01 bits per heavy atom. The Bertz CT molecular complexity index is 1290. The minimum Gasteiger partial charge on any atom is -0.466 e. The molecule has 11 heteroatoms. The third kappa shape index (κ3) is 43.4. The number of unbranched alkanes of at least 4 members (excludes halogenated alkanes) is 36. The van der Waals surface area contributed by atoms with Gasteiger partial charge < -0.3 is 19.1 Å². The molecule has 0 saturated carbocycles. The number of ketones is 1. The van der Waals surface area contributed by atoms with Crippen LogP contribution in [0.15, 0.2) is 4.99 Å². The number of aliphatic imine (C=N–C) groups is 1. The maximum atomic E-state index is 13.4. The van der Waals surface area contributed by atoms with Crippen LogP contribution in [0.3, 0.4) is 0 Å². The van der Waals surface area contributed by atoms with Crippen molar-refractivity contribution in [3.05, 3.63) is 0 Å². The van der Waals surface area contributed by atoms with Crippen LogP contribution in [0, 0.1) is 0 Å². The van der Waals surface area contributed by atoms with Crippen molar-refractivity contribution in [2.75, 3.05) is 59.1 Å². The number of hydrogen-bond acceptors (Lipinski definition) is 11. The van der Waals surface area contributed by atoms with E-state index in [1.165, 1.54) is 186 Å². The Labute approximate surface area is 456 Å². The van der Waals surface area contributed by atoms with Gasteiger partial charge in [-0.15, -0.1) is 0 Å². The molecule has 0 radical (unpaired) electrons. The molecule has 434 valence electrons. The summed E-state index contributed by atoms with van der Waals surface area (Å²) in [6, 6.07) is 0. The number of Topliss-reactive ketones (excluding diaryl/α,β-unsaturated/α-hetero) is 1. The van der Waals surface area contributed by atoms with Crippen LogP contribution >= 0.6 is 0 Å². The number of rotatable bonds is 57. The van der Waals surface area contributed by atoms with Crippen LogP contribution in [-0.4, -0.2) is 104 Å². The van der Waals surface area contributed by atoms with E-state index in [9.17, 15) is 19.2 Å². The smallest absolute Gasteiger partial charge is 0.307 e. The van der Waals surface area contributed by atoms with Gasteiger partial charge in [-0.1, -0.05) is 259 Å². The lowest BCUT2D eigenvalue weighted by Gasteiger charge is -2.39. The van der Waals surface area contributed by atoms with E-state index >= 15 is 0 Å². The van der Waals surface area contributed by atoms with Crippen molar-refractivity contribution in [3.8, 4) is 0 Å². The van der Waals surface area contributed by atoms with E-state index in [1.807, 2.05) is 10.0 Å². The third-order valence-corrected chi connectivity index (χ3v) is 14.9. The first-order valence-electron chi connectivity index (χ1n) is 32.2. The SMILES string of the molecule is CCCCCCCCCCCCOC(=O)CCN(CCC(=O)OCCCCCCCCCCCC)N(CCC(=O)OCCCCCCCCCCCC)C1=NCCN1CCC(=O)CCCCCCCCCCCC. The van der Waals surface area contributed by atoms with Gasteiger partial charge in [-0.2, -0.15) is 0 Å². The zero-order valence-corrected chi connectivity index (χ0v) is 49.3. The maximum Gasteiger partial charge on any atom is 0.307 e. The standard InChI is InChI=1S/C63H120N4O7/c1-5-9-13-17-21-25-29-33-37-41-45-59(68)46-51-65-55-50-64-63(65)67(54-49-62(71)74-58-44-40-36-32-28-24-20-16-12-8-4)66(52-47-60(69)72-56-42-38-34-30-26-22-18-14-10-6-2)53-48-61(70)73-57-43-39-35-31-27-23-19-15-11-7-3/h5-58H2,1-4H3. The minimum atomic E-state index is -0.270. The molecule has 0 saturated heterocycles. The number of carbonyl (C=O) groups excluding carboxylic acids is 4. The summed E-state index contributed by atoms with van der Waals surface area (Å²) in [5, 5.41) is 3.97. The number of esters is 3. The van der Waals surface area contributed by atoms with Crippen LogP contribution < -0.4 is 0 Å². The van der Waals surface area contributed by atoms with Crippen LogP contribution in [0.4, 0.5) is 0 Å². The van der Waals surface area contributed by atoms with Crippen molar-refractivity contribution >= 4 is 29.7 Å². The zero-order chi connectivity index (χ0) is 53.6. The summed E-state index contributed by atoms with van der Waals surface area (Å²) >= 11 is 0. The molecule has 1 rings (SSSR count). The van der Waals surface area contributed by atoms with E-state index < -0.39 is 0 Å². The lowest BCUT2D eigenvalue weighted by molar-refractivity contribution is -0.148. The van der Waals surface area contributed by atoms with Crippen molar-refractivity contribution in [1.29, 1.82) is 0 Å². The van der Waals surface area contributed by atoms with E-state index in [0.29, 0.717) is 71.3 Å². The van der Waals surface area contributed by atoms with Crippen LogP contribution in [0.2, 0.25) is 0 Å². The van der Waals surface area contributed by atoms with Crippen molar-refractivity contribution in [3.63, 3.8) is 0 Å². The highest BCUT2D eigenvalue weighted by molar-refractivity contribution is 5.83. The lowest BCUT2D eigenvalue weighted by atomic mass is 10.0. The highest BCUT2D eigenvalue weighted by Crippen LogP contribution is 2.18. The van der Waals surface area contributed by atoms with Gasteiger partial charge >= 0.3 is 17.9 Å². The molecular formula is C63H120N4O7. The van der Waals surface area contributed by atoms with Crippen LogP contribution in [0.1, 0.15) is 317 Å². The number of hydrogen-bond donors (Lipinski definition) is 0. The predicted octanol–water partition coefficient (Wildman–Crippen LogP) is 17.0. The van der Waals surface area contributed by atoms with Gasteiger partial charge in [-0.05, 0) is 25.7 Å². The Hall–Kier alpha value is -2.69. The molecule has 0 unspecified atom stereocenters. The van der Waals surface area contributed by atoms with Gasteiger partial charge in [0.15, 0.2) is 0 Å². The van der Waals surface area contributed by atoms with Crippen molar-refractivity contribution in [2.45, 2.75) is 317 Å². The molecular weight excluding hydrogens is 925 g/mol. The highest BCUT2D eigenvalue weighted by atomic mass is 16.5. The molecule has 1 heterocycles. The summed E-state index contributed by atoms with van der Waals surface area (Å²) in [6.45, 7) is 12.9. The molecule has 0 aromatic heterocycles. The topological polar surface area (TPSA) is 118 Å². The fraction of sp³-hybridized carbons (Fsp3) is 0.921. The first-order valence-corrected chi connectivity index (χ1v) is 32.2. The molecule has 0 amide bonds. The summed E-state index contributed by atoms with van der Waals surface area (Å²) in [5.74, 6) is 0.137. The van der Waals surface area contributed by atoms with Crippen LogP contribution in [0.25, 0.3) is 0 Å². The van der Waals surface area contributed by atoms with E-state index in [1.54, 1.807) is 0 Å². The quantitative estimate of drug-likeness (QED) is 0.0252. The highest BCUT2D eigenvalue weighted by Gasteiger charge is 2.29. The first kappa shape index (κ1) is 69.3. The van der Waals surface area contributed by atoms with Crippen LogP contribution in [-0.2, 0) is 33.4 Å². The molecule has 0 fully saturated rings. The summed E-state index contributed by atoms with van der Waals surface area (Å²) < 4.78 is 17.3. The van der Waals surface area contributed by atoms with Gasteiger partial charge in [-0.25, -0.2) is 10.0 Å². The Morgan fingerprint density at radius 1 is 0.378 bits per heavy atom. The maximum absolute atomic E-state index is 13.4. The van der Waals surface area contributed by atoms with Gasteiger partial charge in [0.05, 0.1) is 45.6 Å². The van der Waals surface area contributed by atoms with Crippen molar-refractivity contribution in [2.24, 2.45) is 4.99 Å². The molecule has 1 aliphatic heterocycles. The minimum absolute atomic E-state index is 0.130. The molecule has 74 heavy (non-hydrogen) atoms. The number of hydrazine groups is 1. The second kappa shape index (κ2) is 53.7. The van der Waals surface area contributed by atoms with Crippen LogP contribution in [0.5, 0.6) is 0 Å². The normalized spacial score (nSPS) is 12.4. The molecule has 1 aliphatic rings. The molecule has 11 nitrogen and oxygen atoms in total. The monoisotopic (exact) mass is 1040 g/mol. The fourth-order valence-electron chi connectivity index (χ4n) is 10.0. The molecule has 0 bridgehead atoms.